The molecule has 3 nitrogen and oxygen atoms in total. The molecule has 2 bridgehead atoms. The Bertz CT molecular complexity index is 652. The first kappa shape index (κ1) is 16.7. The van der Waals surface area contributed by atoms with Crippen LogP contribution in [0.5, 0.6) is 0 Å². The number of alkyl halides is 3. The molecule has 1 aromatic carbocycles. The van der Waals surface area contributed by atoms with Crippen molar-refractivity contribution >= 4 is 11.6 Å². The second-order valence-corrected chi connectivity index (χ2v) is 7.64. The van der Waals surface area contributed by atoms with Crippen molar-refractivity contribution in [3.8, 4) is 0 Å². The summed E-state index contributed by atoms with van der Waals surface area (Å²) < 4.78 is 38.6. The molecule has 25 heavy (non-hydrogen) atoms. The van der Waals surface area contributed by atoms with Crippen LogP contribution in [0.1, 0.15) is 31.2 Å². The molecule has 3 aliphatic rings. The van der Waals surface area contributed by atoms with Crippen LogP contribution in [0, 0.1) is 17.8 Å². The number of nitrogens with zero attached hydrogens (tertiary/aromatic N) is 2. The lowest BCUT2D eigenvalue weighted by atomic mass is 9.87. The van der Waals surface area contributed by atoms with E-state index in [4.69, 9.17) is 0 Å². The third-order valence-corrected chi connectivity index (χ3v) is 6.19. The van der Waals surface area contributed by atoms with E-state index in [0.29, 0.717) is 37.8 Å². The molecule has 3 fully saturated rings. The van der Waals surface area contributed by atoms with Crippen molar-refractivity contribution in [2.75, 3.05) is 31.1 Å². The fourth-order valence-corrected chi connectivity index (χ4v) is 4.85. The molecule has 1 aliphatic heterocycles. The van der Waals surface area contributed by atoms with Crippen LogP contribution in [-0.4, -0.2) is 37.0 Å². The molecule has 0 radical (unpaired) electrons. The quantitative estimate of drug-likeness (QED) is 0.808. The summed E-state index contributed by atoms with van der Waals surface area (Å²) in [7, 11) is 0. The zero-order chi connectivity index (χ0) is 17.6. The summed E-state index contributed by atoms with van der Waals surface area (Å²) in [5.41, 5.74) is -0.0349. The van der Waals surface area contributed by atoms with Crippen LogP contribution in [0.15, 0.2) is 24.3 Å². The van der Waals surface area contributed by atoms with E-state index in [9.17, 15) is 18.0 Å². The maximum absolute atomic E-state index is 12.9. The highest BCUT2D eigenvalue weighted by atomic mass is 19.4. The average molecular weight is 352 g/mol. The van der Waals surface area contributed by atoms with Gasteiger partial charge in [0.05, 0.1) is 5.56 Å². The topological polar surface area (TPSA) is 23.6 Å². The molecule has 0 N–H and O–H groups in total. The van der Waals surface area contributed by atoms with Crippen LogP contribution in [0.25, 0.3) is 0 Å². The normalized spacial score (nSPS) is 29.3. The Morgan fingerprint density at radius 3 is 2.40 bits per heavy atom. The number of anilines is 1. The van der Waals surface area contributed by atoms with Gasteiger partial charge in [0.15, 0.2) is 0 Å². The highest BCUT2D eigenvalue weighted by molar-refractivity contribution is 5.80. The van der Waals surface area contributed by atoms with E-state index >= 15 is 0 Å². The van der Waals surface area contributed by atoms with E-state index in [2.05, 4.69) is 0 Å². The molecule has 0 spiro atoms. The molecule has 0 unspecified atom stereocenters. The van der Waals surface area contributed by atoms with Crippen LogP contribution in [0.2, 0.25) is 0 Å². The lowest BCUT2D eigenvalue weighted by Gasteiger charge is -2.38. The standard InChI is InChI=1S/C19H23F3N2O/c20-19(21,22)15-2-1-3-16(12-15)23-6-8-24(9-7-23)18(25)17-11-13-4-5-14(17)10-13/h1-3,12-14,17H,4-11H2/t13-,14-,17+/m1/s1. The predicted molar refractivity (Wildman–Crippen MR) is 89.2 cm³/mol. The largest absolute Gasteiger partial charge is 0.416 e. The van der Waals surface area contributed by atoms with Crippen molar-refractivity contribution in [2.45, 2.75) is 31.9 Å². The maximum Gasteiger partial charge on any atom is 0.416 e. The fourth-order valence-electron chi connectivity index (χ4n) is 4.85. The van der Waals surface area contributed by atoms with Gasteiger partial charge in [0, 0.05) is 37.8 Å². The van der Waals surface area contributed by atoms with Gasteiger partial charge < -0.3 is 9.80 Å². The molecule has 2 saturated carbocycles. The Morgan fingerprint density at radius 2 is 1.80 bits per heavy atom. The summed E-state index contributed by atoms with van der Waals surface area (Å²) in [6.45, 7) is 2.38. The average Bonchev–Trinajstić information content (AvgIpc) is 3.24. The SMILES string of the molecule is O=C([C@H]1C[C@@H]2CC[C@@H]1C2)N1CCN(c2cccc(C(F)(F)F)c2)CC1. The smallest absolute Gasteiger partial charge is 0.368 e. The van der Waals surface area contributed by atoms with E-state index in [-0.39, 0.29) is 11.8 Å². The Balaban J connectivity index is 1.38. The van der Waals surface area contributed by atoms with Gasteiger partial charge in [-0.05, 0) is 49.3 Å². The maximum atomic E-state index is 12.9. The lowest BCUT2D eigenvalue weighted by Crippen LogP contribution is -2.51. The number of carbonyl (C=O) groups is 1. The van der Waals surface area contributed by atoms with Gasteiger partial charge in [0.2, 0.25) is 5.91 Å². The minimum atomic E-state index is -4.32. The van der Waals surface area contributed by atoms with Gasteiger partial charge in [-0.1, -0.05) is 12.5 Å². The first-order valence-electron chi connectivity index (χ1n) is 9.13. The van der Waals surface area contributed by atoms with Gasteiger partial charge in [0.25, 0.3) is 0 Å². The number of piperazine rings is 1. The number of carbonyl (C=O) groups excluding carboxylic acids is 1. The van der Waals surface area contributed by atoms with Crippen LogP contribution in [-0.2, 0) is 11.0 Å². The number of halogens is 3. The number of rotatable bonds is 2. The zero-order valence-corrected chi connectivity index (χ0v) is 14.1. The number of fused-ring (bicyclic) bond motifs is 2. The Kier molecular flexibility index (Phi) is 4.16. The van der Waals surface area contributed by atoms with Crippen molar-refractivity contribution < 1.29 is 18.0 Å². The minimum Gasteiger partial charge on any atom is -0.368 e. The van der Waals surface area contributed by atoms with Crippen molar-refractivity contribution in [3.05, 3.63) is 29.8 Å². The molecule has 1 saturated heterocycles. The molecule has 0 aromatic heterocycles. The Morgan fingerprint density at radius 1 is 1.04 bits per heavy atom. The van der Waals surface area contributed by atoms with Gasteiger partial charge in [0.1, 0.15) is 0 Å². The van der Waals surface area contributed by atoms with Crippen LogP contribution in [0.3, 0.4) is 0 Å². The number of amides is 1. The third-order valence-electron chi connectivity index (χ3n) is 6.19. The highest BCUT2D eigenvalue weighted by Gasteiger charge is 2.44. The van der Waals surface area contributed by atoms with Gasteiger partial charge in [-0.2, -0.15) is 13.2 Å². The molecule has 4 rings (SSSR count). The van der Waals surface area contributed by atoms with E-state index in [0.717, 1.165) is 18.4 Å². The molecule has 6 heteroatoms. The second kappa shape index (κ2) is 6.22. The summed E-state index contributed by atoms with van der Waals surface area (Å²) >= 11 is 0. The number of hydrogen-bond donors (Lipinski definition) is 0. The number of hydrogen-bond acceptors (Lipinski definition) is 2. The first-order chi connectivity index (χ1) is 11.9. The van der Waals surface area contributed by atoms with Crippen molar-refractivity contribution in [1.82, 2.24) is 4.90 Å². The second-order valence-electron chi connectivity index (χ2n) is 7.64. The lowest BCUT2D eigenvalue weighted by molar-refractivity contribution is -0.138. The Hall–Kier alpha value is -1.72. The third kappa shape index (κ3) is 3.23. The molecule has 1 aromatic rings. The van der Waals surface area contributed by atoms with Crippen molar-refractivity contribution in [2.24, 2.45) is 17.8 Å². The van der Waals surface area contributed by atoms with Gasteiger partial charge in [-0.15, -0.1) is 0 Å². The molecular weight excluding hydrogens is 329 g/mol. The molecule has 2 aliphatic carbocycles. The summed E-state index contributed by atoms with van der Waals surface area (Å²) in [4.78, 5) is 16.6. The van der Waals surface area contributed by atoms with Crippen LogP contribution < -0.4 is 4.90 Å². The summed E-state index contributed by atoms with van der Waals surface area (Å²) in [6.07, 6.45) is 0.385. The predicted octanol–water partition coefficient (Wildman–Crippen LogP) is 3.79. The molecule has 1 amide bonds. The monoisotopic (exact) mass is 352 g/mol. The van der Waals surface area contributed by atoms with Gasteiger partial charge in [-0.25, -0.2) is 0 Å². The van der Waals surface area contributed by atoms with E-state index < -0.39 is 11.7 Å². The fraction of sp³-hybridized carbons (Fsp3) is 0.632. The zero-order valence-electron chi connectivity index (χ0n) is 14.1. The molecule has 1 heterocycles. The van der Waals surface area contributed by atoms with E-state index in [1.54, 1.807) is 6.07 Å². The van der Waals surface area contributed by atoms with Crippen LogP contribution in [0.4, 0.5) is 18.9 Å². The van der Waals surface area contributed by atoms with Crippen molar-refractivity contribution in [1.29, 1.82) is 0 Å². The summed E-state index contributed by atoms with van der Waals surface area (Å²) in [5, 5.41) is 0. The van der Waals surface area contributed by atoms with Crippen LogP contribution >= 0.6 is 0 Å². The number of benzene rings is 1. The van der Waals surface area contributed by atoms with E-state index in [1.165, 1.54) is 31.4 Å². The molecule has 3 atom stereocenters. The first-order valence-corrected chi connectivity index (χ1v) is 9.13. The van der Waals surface area contributed by atoms with Gasteiger partial charge in [-0.3, -0.25) is 4.79 Å². The Labute approximate surface area is 145 Å². The van der Waals surface area contributed by atoms with Crippen molar-refractivity contribution in [3.63, 3.8) is 0 Å². The summed E-state index contributed by atoms with van der Waals surface area (Å²) in [5.74, 6) is 1.78. The molecular formula is C19H23F3N2O. The van der Waals surface area contributed by atoms with E-state index in [1.807, 2.05) is 9.80 Å². The minimum absolute atomic E-state index is 0.193. The summed E-state index contributed by atoms with van der Waals surface area (Å²) in [6, 6.07) is 5.46. The highest BCUT2D eigenvalue weighted by Crippen LogP contribution is 2.49. The van der Waals surface area contributed by atoms with Gasteiger partial charge >= 0.3 is 6.18 Å². The molecule has 136 valence electrons.